The van der Waals surface area contributed by atoms with Crippen LogP contribution < -0.4 is 0 Å². The summed E-state index contributed by atoms with van der Waals surface area (Å²) in [5, 5.41) is 0. The second kappa shape index (κ2) is 4.54. The van der Waals surface area contributed by atoms with Gasteiger partial charge < -0.3 is 4.90 Å². The molecule has 0 N–H and O–H groups in total. The molecule has 0 bridgehead atoms. The van der Waals surface area contributed by atoms with Gasteiger partial charge in [0.2, 0.25) is 5.91 Å². The molecule has 0 aromatic carbocycles. The van der Waals surface area contributed by atoms with Gasteiger partial charge in [-0.05, 0) is 31.1 Å². The van der Waals surface area contributed by atoms with E-state index >= 15 is 0 Å². The van der Waals surface area contributed by atoms with E-state index in [1.807, 2.05) is 6.92 Å². The van der Waals surface area contributed by atoms with Crippen molar-refractivity contribution in [3.63, 3.8) is 0 Å². The number of nitrogens with zero attached hydrogens (tertiary/aromatic N) is 1. The van der Waals surface area contributed by atoms with E-state index in [0.29, 0.717) is 17.7 Å². The van der Waals surface area contributed by atoms with Crippen molar-refractivity contribution in [3.05, 3.63) is 0 Å². The predicted molar refractivity (Wildman–Crippen MR) is 61.6 cm³/mol. The molecule has 1 amide bonds. The average Bonchev–Trinajstić information content (AvgIpc) is 2.30. The van der Waals surface area contributed by atoms with Crippen molar-refractivity contribution in [2.24, 2.45) is 5.41 Å². The fraction of sp³-hybridized carbons (Fsp3) is 0.923. The van der Waals surface area contributed by atoms with Crippen molar-refractivity contribution in [2.45, 2.75) is 58.3 Å². The smallest absolute Gasteiger partial charge is 0.222 e. The van der Waals surface area contributed by atoms with Gasteiger partial charge in [-0.25, -0.2) is 0 Å². The van der Waals surface area contributed by atoms with Gasteiger partial charge in [0.25, 0.3) is 0 Å². The van der Waals surface area contributed by atoms with Crippen LogP contribution in [0.25, 0.3) is 0 Å². The Morgan fingerprint density at radius 1 is 1.07 bits per heavy atom. The third kappa shape index (κ3) is 2.35. The molecule has 1 saturated carbocycles. The van der Waals surface area contributed by atoms with E-state index in [2.05, 4.69) is 4.90 Å². The fourth-order valence-electron chi connectivity index (χ4n) is 3.26. The Balaban J connectivity index is 1.88. The summed E-state index contributed by atoms with van der Waals surface area (Å²) in [5.41, 5.74) is 0.628. The standard InChI is InChI=1S/C13H23NO/c1-2-12(15)14-10-8-13(9-11-14)6-4-3-5-7-13/h2-11H2,1H3. The molecule has 2 heteroatoms. The summed E-state index contributed by atoms with van der Waals surface area (Å²) in [7, 11) is 0. The largest absolute Gasteiger partial charge is 0.343 e. The van der Waals surface area contributed by atoms with E-state index in [1.165, 1.54) is 44.9 Å². The Hall–Kier alpha value is -0.530. The molecular weight excluding hydrogens is 186 g/mol. The number of carbonyl (C=O) groups excluding carboxylic acids is 1. The zero-order chi connectivity index (χ0) is 10.7. The monoisotopic (exact) mass is 209 g/mol. The summed E-state index contributed by atoms with van der Waals surface area (Å²) < 4.78 is 0. The van der Waals surface area contributed by atoms with Crippen LogP contribution in [0, 0.1) is 5.41 Å². The van der Waals surface area contributed by atoms with Gasteiger partial charge in [0.15, 0.2) is 0 Å². The van der Waals surface area contributed by atoms with Crippen molar-refractivity contribution in [2.75, 3.05) is 13.1 Å². The van der Waals surface area contributed by atoms with Gasteiger partial charge in [0.05, 0.1) is 0 Å². The first-order chi connectivity index (χ1) is 7.26. The summed E-state index contributed by atoms with van der Waals surface area (Å²) in [6.45, 7) is 4.01. The number of rotatable bonds is 1. The minimum atomic E-state index is 0.348. The van der Waals surface area contributed by atoms with Crippen molar-refractivity contribution in [3.8, 4) is 0 Å². The SMILES string of the molecule is CCC(=O)N1CCC2(CCCCC2)CC1. The first-order valence-electron chi connectivity index (χ1n) is 6.54. The van der Waals surface area contributed by atoms with Crippen LogP contribution in [0.1, 0.15) is 58.3 Å². The van der Waals surface area contributed by atoms with Gasteiger partial charge in [-0.2, -0.15) is 0 Å². The zero-order valence-electron chi connectivity index (χ0n) is 9.93. The molecular formula is C13H23NO. The lowest BCUT2D eigenvalue weighted by Gasteiger charge is -2.44. The van der Waals surface area contributed by atoms with E-state index in [0.717, 1.165) is 13.1 Å². The number of amides is 1. The summed E-state index contributed by atoms with van der Waals surface area (Å²) in [5.74, 6) is 0.348. The summed E-state index contributed by atoms with van der Waals surface area (Å²) >= 11 is 0. The normalized spacial score (nSPS) is 25.5. The topological polar surface area (TPSA) is 20.3 Å². The molecule has 1 aliphatic heterocycles. The maximum absolute atomic E-state index is 11.6. The first-order valence-corrected chi connectivity index (χ1v) is 6.54. The lowest BCUT2D eigenvalue weighted by Crippen LogP contribution is -2.43. The molecule has 0 radical (unpaired) electrons. The molecule has 1 aliphatic carbocycles. The Bertz CT molecular complexity index is 221. The Kier molecular flexibility index (Phi) is 3.32. The quantitative estimate of drug-likeness (QED) is 0.650. The molecule has 0 unspecified atom stereocenters. The van der Waals surface area contributed by atoms with Gasteiger partial charge in [-0.15, -0.1) is 0 Å². The maximum atomic E-state index is 11.6. The van der Waals surface area contributed by atoms with E-state index < -0.39 is 0 Å². The van der Waals surface area contributed by atoms with Crippen LogP contribution in [0.4, 0.5) is 0 Å². The highest BCUT2D eigenvalue weighted by atomic mass is 16.2. The third-order valence-electron chi connectivity index (χ3n) is 4.39. The number of carbonyl (C=O) groups is 1. The lowest BCUT2D eigenvalue weighted by molar-refractivity contribution is -0.133. The van der Waals surface area contributed by atoms with Crippen LogP contribution in [-0.2, 0) is 4.79 Å². The second-order valence-corrected chi connectivity index (χ2v) is 5.30. The Labute approximate surface area is 93.0 Å². The summed E-state index contributed by atoms with van der Waals surface area (Å²) in [6, 6.07) is 0. The first kappa shape index (κ1) is 11.0. The maximum Gasteiger partial charge on any atom is 0.222 e. The van der Waals surface area contributed by atoms with Gasteiger partial charge in [-0.1, -0.05) is 26.2 Å². The van der Waals surface area contributed by atoms with Crippen molar-refractivity contribution in [1.82, 2.24) is 4.90 Å². The van der Waals surface area contributed by atoms with E-state index in [9.17, 15) is 4.79 Å². The highest BCUT2D eigenvalue weighted by Gasteiger charge is 2.36. The number of hydrogen-bond acceptors (Lipinski definition) is 1. The molecule has 2 nitrogen and oxygen atoms in total. The lowest BCUT2D eigenvalue weighted by atomic mass is 9.68. The van der Waals surface area contributed by atoms with E-state index in [4.69, 9.17) is 0 Å². The number of likely N-dealkylation sites (tertiary alicyclic amines) is 1. The van der Waals surface area contributed by atoms with Gasteiger partial charge in [-0.3, -0.25) is 4.79 Å². The van der Waals surface area contributed by atoms with E-state index in [-0.39, 0.29) is 0 Å². The molecule has 0 aromatic rings. The highest BCUT2D eigenvalue weighted by Crippen LogP contribution is 2.44. The zero-order valence-corrected chi connectivity index (χ0v) is 9.93. The molecule has 1 spiro atoms. The Morgan fingerprint density at radius 2 is 1.67 bits per heavy atom. The third-order valence-corrected chi connectivity index (χ3v) is 4.39. The second-order valence-electron chi connectivity index (χ2n) is 5.30. The van der Waals surface area contributed by atoms with E-state index in [1.54, 1.807) is 0 Å². The van der Waals surface area contributed by atoms with Crippen LogP contribution >= 0.6 is 0 Å². The van der Waals surface area contributed by atoms with Gasteiger partial charge >= 0.3 is 0 Å². The predicted octanol–water partition coefficient (Wildman–Crippen LogP) is 2.97. The fourth-order valence-corrected chi connectivity index (χ4v) is 3.26. The molecule has 15 heavy (non-hydrogen) atoms. The number of piperidine rings is 1. The minimum Gasteiger partial charge on any atom is -0.343 e. The molecule has 2 fully saturated rings. The van der Waals surface area contributed by atoms with Crippen molar-refractivity contribution in [1.29, 1.82) is 0 Å². The van der Waals surface area contributed by atoms with Crippen molar-refractivity contribution >= 4 is 5.91 Å². The highest BCUT2D eigenvalue weighted by molar-refractivity contribution is 5.75. The van der Waals surface area contributed by atoms with Crippen LogP contribution in [0.15, 0.2) is 0 Å². The molecule has 0 atom stereocenters. The molecule has 0 aromatic heterocycles. The molecule has 86 valence electrons. The average molecular weight is 209 g/mol. The minimum absolute atomic E-state index is 0.348. The summed E-state index contributed by atoms with van der Waals surface area (Å²) in [4.78, 5) is 13.6. The summed E-state index contributed by atoms with van der Waals surface area (Å²) in [6.07, 6.45) is 10.3. The molecule has 1 heterocycles. The van der Waals surface area contributed by atoms with Crippen molar-refractivity contribution < 1.29 is 4.79 Å². The van der Waals surface area contributed by atoms with Crippen LogP contribution in [0.5, 0.6) is 0 Å². The number of hydrogen-bond donors (Lipinski definition) is 0. The van der Waals surface area contributed by atoms with Gasteiger partial charge in [0.1, 0.15) is 0 Å². The van der Waals surface area contributed by atoms with Crippen LogP contribution in [-0.4, -0.2) is 23.9 Å². The van der Waals surface area contributed by atoms with Crippen LogP contribution in [0.3, 0.4) is 0 Å². The van der Waals surface area contributed by atoms with Crippen LogP contribution in [0.2, 0.25) is 0 Å². The molecule has 2 aliphatic rings. The van der Waals surface area contributed by atoms with Gasteiger partial charge in [0, 0.05) is 19.5 Å². The molecule has 2 rings (SSSR count). The Morgan fingerprint density at radius 3 is 2.20 bits per heavy atom. The molecule has 1 saturated heterocycles.